The lowest BCUT2D eigenvalue weighted by atomic mass is 9.85. The van der Waals surface area contributed by atoms with Crippen LogP contribution in [0, 0.1) is 11.3 Å². The fourth-order valence-electron chi connectivity index (χ4n) is 3.66. The molecule has 10 nitrogen and oxygen atoms in total. The van der Waals surface area contributed by atoms with Crippen LogP contribution in [0.4, 0.5) is 4.79 Å². The van der Waals surface area contributed by atoms with Crippen LogP contribution in [-0.4, -0.2) is 83.0 Å². The number of nitrogens with one attached hydrogen (secondary N) is 3. The van der Waals surface area contributed by atoms with Crippen molar-refractivity contribution >= 4 is 42.3 Å². The first-order valence-corrected chi connectivity index (χ1v) is 12.6. The summed E-state index contributed by atoms with van der Waals surface area (Å²) in [5.74, 6) is -1.27. The summed E-state index contributed by atoms with van der Waals surface area (Å²) in [6.07, 6.45) is 1.22. The Morgan fingerprint density at radius 3 is 1.97 bits per heavy atom. The van der Waals surface area contributed by atoms with Gasteiger partial charge in [0.15, 0.2) is 0 Å². The van der Waals surface area contributed by atoms with Crippen LogP contribution in [0.15, 0.2) is 0 Å². The van der Waals surface area contributed by atoms with E-state index in [1.807, 2.05) is 34.6 Å². The van der Waals surface area contributed by atoms with Crippen LogP contribution >= 0.6 is 12.6 Å². The highest BCUT2D eigenvalue weighted by Gasteiger charge is 2.49. The van der Waals surface area contributed by atoms with Crippen molar-refractivity contribution in [3.63, 3.8) is 0 Å². The summed E-state index contributed by atoms with van der Waals surface area (Å²) in [7, 11) is 3.07. The third-order valence-electron chi connectivity index (χ3n) is 6.38. The van der Waals surface area contributed by atoms with Gasteiger partial charge in [0.25, 0.3) is 5.91 Å². The van der Waals surface area contributed by atoms with Crippen LogP contribution in [0.3, 0.4) is 0 Å². The molecule has 1 rings (SSSR count). The number of imide groups is 1. The highest BCUT2D eigenvalue weighted by molar-refractivity contribution is 7.81. The van der Waals surface area contributed by atoms with Crippen molar-refractivity contribution < 1.29 is 24.0 Å². The molecule has 0 spiro atoms. The molecule has 1 unspecified atom stereocenters. The van der Waals surface area contributed by atoms with Gasteiger partial charge in [-0.3, -0.25) is 24.1 Å². The Labute approximate surface area is 214 Å². The van der Waals surface area contributed by atoms with Crippen LogP contribution in [0.25, 0.3) is 0 Å². The van der Waals surface area contributed by atoms with E-state index in [0.717, 1.165) is 4.90 Å². The number of rotatable bonds is 11. The SMILES string of the molecule is CNC(=O)C(NC(=O)[C@H](CCC(C)C)NC(=O)[C@@H](S)CCN1C(=O)N(C)C(C)(C)C1=O)C(C)(C)C. The van der Waals surface area contributed by atoms with Crippen LogP contribution in [0.5, 0.6) is 0 Å². The topological polar surface area (TPSA) is 128 Å². The molecule has 1 heterocycles. The van der Waals surface area contributed by atoms with Gasteiger partial charge in [0, 0.05) is 20.6 Å². The van der Waals surface area contributed by atoms with Gasteiger partial charge in [-0.05, 0) is 44.4 Å². The van der Waals surface area contributed by atoms with E-state index >= 15 is 0 Å². The third kappa shape index (κ3) is 7.85. The quantitative estimate of drug-likeness (QED) is 0.246. The van der Waals surface area contributed by atoms with E-state index in [1.165, 1.54) is 11.9 Å². The van der Waals surface area contributed by atoms with Crippen LogP contribution in [0.1, 0.15) is 67.7 Å². The Hall–Kier alpha value is -2.30. The Balaban J connectivity index is 2.89. The molecule has 1 aliphatic heterocycles. The number of urea groups is 1. The van der Waals surface area contributed by atoms with E-state index in [-0.39, 0.29) is 24.8 Å². The zero-order valence-electron chi connectivity index (χ0n) is 22.5. The fraction of sp³-hybridized carbons (Fsp3) is 0.792. The van der Waals surface area contributed by atoms with Crippen molar-refractivity contribution in [1.82, 2.24) is 25.8 Å². The van der Waals surface area contributed by atoms with Crippen molar-refractivity contribution in [2.45, 2.75) is 90.6 Å². The molecule has 1 fully saturated rings. The first-order valence-electron chi connectivity index (χ1n) is 12.0. The maximum atomic E-state index is 13.1. The van der Waals surface area contributed by atoms with Gasteiger partial charge in [0.05, 0.1) is 5.25 Å². The van der Waals surface area contributed by atoms with Gasteiger partial charge in [-0.2, -0.15) is 12.6 Å². The molecule has 1 saturated heterocycles. The minimum atomic E-state index is -0.945. The molecule has 1 aliphatic rings. The van der Waals surface area contributed by atoms with Crippen molar-refractivity contribution in [3.8, 4) is 0 Å². The van der Waals surface area contributed by atoms with Crippen molar-refractivity contribution in [1.29, 1.82) is 0 Å². The maximum Gasteiger partial charge on any atom is 0.327 e. The molecule has 11 heteroatoms. The molecule has 0 aromatic rings. The van der Waals surface area contributed by atoms with Gasteiger partial charge in [0.2, 0.25) is 17.7 Å². The molecule has 0 saturated carbocycles. The Bertz CT molecular complexity index is 824. The number of hydrogen-bond donors (Lipinski definition) is 4. The van der Waals surface area contributed by atoms with Gasteiger partial charge in [-0.1, -0.05) is 34.6 Å². The number of nitrogens with zero attached hydrogens (tertiary/aromatic N) is 2. The first kappa shape index (κ1) is 30.7. The molecular weight excluding hydrogens is 470 g/mol. The van der Waals surface area contributed by atoms with Gasteiger partial charge in [-0.15, -0.1) is 0 Å². The van der Waals surface area contributed by atoms with Crippen LogP contribution in [0.2, 0.25) is 0 Å². The summed E-state index contributed by atoms with van der Waals surface area (Å²) in [5, 5.41) is 7.27. The predicted molar refractivity (Wildman–Crippen MR) is 138 cm³/mol. The summed E-state index contributed by atoms with van der Waals surface area (Å²) in [5.41, 5.74) is -1.48. The van der Waals surface area contributed by atoms with Crippen molar-refractivity contribution in [2.24, 2.45) is 11.3 Å². The van der Waals surface area contributed by atoms with Gasteiger partial charge in [-0.25, -0.2) is 4.79 Å². The summed E-state index contributed by atoms with van der Waals surface area (Å²) in [4.78, 5) is 65.8. The Morgan fingerprint density at radius 2 is 1.54 bits per heavy atom. The highest BCUT2D eigenvalue weighted by atomic mass is 32.1. The monoisotopic (exact) mass is 513 g/mol. The Kier molecular flexibility index (Phi) is 10.6. The van der Waals surface area contributed by atoms with E-state index in [0.29, 0.717) is 18.8 Å². The number of carbonyl (C=O) groups is 5. The maximum absolute atomic E-state index is 13.1. The van der Waals surface area contributed by atoms with E-state index in [4.69, 9.17) is 0 Å². The lowest BCUT2D eigenvalue weighted by Gasteiger charge is -2.31. The largest absolute Gasteiger partial charge is 0.357 e. The predicted octanol–water partition coefficient (Wildman–Crippen LogP) is 1.55. The second kappa shape index (κ2) is 12.1. The molecule has 35 heavy (non-hydrogen) atoms. The molecule has 0 aromatic heterocycles. The summed E-state index contributed by atoms with van der Waals surface area (Å²) in [6, 6.07) is -2.05. The van der Waals surface area contributed by atoms with E-state index in [2.05, 4.69) is 28.6 Å². The highest BCUT2D eigenvalue weighted by Crippen LogP contribution is 2.26. The smallest absolute Gasteiger partial charge is 0.327 e. The molecule has 6 amide bonds. The summed E-state index contributed by atoms with van der Waals surface area (Å²) in [6.45, 7) is 12.9. The normalized spacial score (nSPS) is 18.4. The lowest BCUT2D eigenvalue weighted by molar-refractivity contribution is -0.134. The second-order valence-electron chi connectivity index (χ2n) is 11.1. The van der Waals surface area contributed by atoms with Crippen molar-refractivity contribution in [2.75, 3.05) is 20.6 Å². The number of carbonyl (C=O) groups excluding carboxylic acids is 5. The summed E-state index contributed by atoms with van der Waals surface area (Å²) >= 11 is 4.37. The average Bonchev–Trinajstić information content (AvgIpc) is 2.90. The van der Waals surface area contributed by atoms with Gasteiger partial charge >= 0.3 is 6.03 Å². The average molecular weight is 514 g/mol. The number of hydrogen-bond acceptors (Lipinski definition) is 6. The molecule has 3 N–H and O–H groups in total. The molecule has 0 aliphatic carbocycles. The molecule has 0 radical (unpaired) electrons. The fourth-order valence-corrected chi connectivity index (χ4v) is 3.85. The zero-order chi connectivity index (χ0) is 27.3. The summed E-state index contributed by atoms with van der Waals surface area (Å²) < 4.78 is 0. The minimum Gasteiger partial charge on any atom is -0.357 e. The zero-order valence-corrected chi connectivity index (χ0v) is 23.4. The molecule has 3 atom stereocenters. The van der Waals surface area contributed by atoms with Crippen LogP contribution < -0.4 is 16.0 Å². The molecular formula is C24H43N5O5S. The van der Waals surface area contributed by atoms with Gasteiger partial charge in [0.1, 0.15) is 17.6 Å². The minimum absolute atomic E-state index is 0.0403. The second-order valence-corrected chi connectivity index (χ2v) is 11.7. The molecule has 200 valence electrons. The molecule has 0 bridgehead atoms. The number of amides is 6. The van der Waals surface area contributed by atoms with Crippen molar-refractivity contribution in [3.05, 3.63) is 0 Å². The van der Waals surface area contributed by atoms with E-state index in [1.54, 1.807) is 20.9 Å². The number of likely N-dealkylation sites (N-methyl/N-ethyl adjacent to an activating group) is 2. The van der Waals surface area contributed by atoms with E-state index < -0.39 is 46.1 Å². The molecule has 0 aromatic carbocycles. The van der Waals surface area contributed by atoms with Gasteiger partial charge < -0.3 is 20.9 Å². The Morgan fingerprint density at radius 1 is 0.971 bits per heavy atom. The lowest BCUT2D eigenvalue weighted by Crippen LogP contribution is -2.58. The standard InChI is InChI=1S/C24H43N5O5S/c1-14(2)10-11-15(18(30)27-17(20(32)25-8)23(3,4)5)26-19(31)16(35)12-13-29-21(33)24(6,7)28(9)22(29)34/h14-17,35H,10-13H2,1-9H3,(H,25,32)(H,26,31)(H,27,30)/t15-,16-,17?/m0/s1. The van der Waals surface area contributed by atoms with Crippen LogP contribution in [-0.2, 0) is 19.2 Å². The first-order chi connectivity index (χ1) is 15.9. The number of thiol groups is 1. The van der Waals surface area contributed by atoms with E-state index in [9.17, 15) is 24.0 Å². The third-order valence-corrected chi connectivity index (χ3v) is 6.87.